The van der Waals surface area contributed by atoms with Gasteiger partial charge in [-0.15, -0.1) is 0 Å². The summed E-state index contributed by atoms with van der Waals surface area (Å²) in [6.45, 7) is 13.8. The summed E-state index contributed by atoms with van der Waals surface area (Å²) in [6, 6.07) is 0. The van der Waals surface area contributed by atoms with Crippen molar-refractivity contribution in [1.82, 2.24) is 0 Å². The van der Waals surface area contributed by atoms with Crippen molar-refractivity contribution in [2.75, 3.05) is 0 Å². The van der Waals surface area contributed by atoms with E-state index in [0.717, 1.165) is 25.7 Å². The van der Waals surface area contributed by atoms with Crippen molar-refractivity contribution in [3.8, 4) is 0 Å². The second-order valence-corrected chi connectivity index (χ2v) is 28.1. The Morgan fingerprint density at radius 1 is 0.333 bits per heavy atom. The SMILES string of the molecule is CCCCCCCC(=O)O.CCCCCCCC(=O)O.CCCCCCC[CH2][Sn]([CH2]CCC)([CH2]CCC)[CH2]CCCCCCC. The number of carboxylic acids is 2. The Morgan fingerprint density at radius 3 is 0.822 bits per heavy atom. The van der Waals surface area contributed by atoms with E-state index in [1.54, 1.807) is 43.4 Å². The normalized spacial score (nSPS) is 11.0. The second-order valence-electron chi connectivity index (χ2n) is 13.9. The van der Waals surface area contributed by atoms with Gasteiger partial charge in [0.2, 0.25) is 0 Å². The fourth-order valence-electron chi connectivity index (χ4n) is 6.17. The summed E-state index contributed by atoms with van der Waals surface area (Å²) < 4.78 is 6.90. The standard InChI is InChI=1S/2C8H16O2.2C8H17.2C4H9.Sn/c2*1-2-3-4-5-6-7-8(9)10;2*1-3-5-7-8-6-4-2;2*1-3-4-2;/h2*2-7H2,1H3,(H,9,10);2*1,3-8H2,2H3;2*1,3-4H2,2H3;. The zero-order valence-corrected chi connectivity index (χ0v) is 34.7. The Kier molecular flexibility index (Phi) is 45.6. The van der Waals surface area contributed by atoms with Gasteiger partial charge in [-0.2, -0.15) is 0 Å². The summed E-state index contributed by atoms with van der Waals surface area (Å²) in [6.07, 6.45) is 35.6. The molecule has 4 nitrogen and oxygen atoms in total. The first kappa shape index (κ1) is 49.1. The van der Waals surface area contributed by atoms with Crippen LogP contribution in [-0.2, 0) is 9.59 Å². The van der Waals surface area contributed by atoms with Gasteiger partial charge in [-0.25, -0.2) is 0 Å². The zero-order valence-electron chi connectivity index (χ0n) is 31.8. The van der Waals surface area contributed by atoms with Gasteiger partial charge in [-0.1, -0.05) is 65.2 Å². The number of aliphatic carboxylic acids is 2. The van der Waals surface area contributed by atoms with E-state index in [0.29, 0.717) is 12.8 Å². The molecule has 0 atom stereocenters. The van der Waals surface area contributed by atoms with E-state index >= 15 is 0 Å². The van der Waals surface area contributed by atoms with E-state index in [1.165, 1.54) is 116 Å². The van der Waals surface area contributed by atoms with Crippen LogP contribution in [-0.4, -0.2) is 40.5 Å². The van der Waals surface area contributed by atoms with Crippen LogP contribution in [0.2, 0.25) is 17.7 Å². The average Bonchev–Trinajstić information content (AvgIpc) is 3.02. The first-order chi connectivity index (χ1) is 21.8. The Bertz CT molecular complexity index is 531. The van der Waals surface area contributed by atoms with E-state index in [2.05, 4.69) is 41.5 Å². The van der Waals surface area contributed by atoms with Gasteiger partial charge in [0.1, 0.15) is 0 Å². The molecule has 0 aromatic carbocycles. The third kappa shape index (κ3) is 43.7. The van der Waals surface area contributed by atoms with E-state index in [1.807, 2.05) is 0 Å². The topological polar surface area (TPSA) is 74.6 Å². The van der Waals surface area contributed by atoms with Crippen molar-refractivity contribution >= 4 is 30.3 Å². The summed E-state index contributed by atoms with van der Waals surface area (Å²) in [5.41, 5.74) is 0. The van der Waals surface area contributed by atoms with E-state index in [9.17, 15) is 9.59 Å². The number of unbranched alkanes of at least 4 members (excludes halogenated alkanes) is 20. The van der Waals surface area contributed by atoms with Crippen molar-refractivity contribution in [2.45, 2.75) is 239 Å². The average molecular weight is 748 g/mol. The fraction of sp³-hybridized carbons (Fsp3) is 0.950. The molecule has 0 heterocycles. The number of hydrogen-bond donors (Lipinski definition) is 2. The van der Waals surface area contributed by atoms with Crippen molar-refractivity contribution in [1.29, 1.82) is 0 Å². The minimum atomic E-state index is -1.83. The summed E-state index contributed by atoms with van der Waals surface area (Å²) in [7, 11) is 0. The molecule has 0 aliphatic rings. The van der Waals surface area contributed by atoms with Gasteiger partial charge in [0.05, 0.1) is 0 Å². The molecule has 0 aliphatic carbocycles. The fourth-order valence-corrected chi connectivity index (χ4v) is 22.5. The van der Waals surface area contributed by atoms with Gasteiger partial charge < -0.3 is 10.2 Å². The van der Waals surface area contributed by atoms with Gasteiger partial charge in [0.25, 0.3) is 0 Å². The van der Waals surface area contributed by atoms with Crippen molar-refractivity contribution < 1.29 is 19.8 Å². The second kappa shape index (κ2) is 41.8. The molecule has 0 aliphatic heterocycles. The molecule has 45 heavy (non-hydrogen) atoms. The molecule has 5 heteroatoms. The molecule has 0 aromatic rings. The Labute approximate surface area is 288 Å². The summed E-state index contributed by atoms with van der Waals surface area (Å²) in [5, 5.41) is 16.5. The summed E-state index contributed by atoms with van der Waals surface area (Å²) in [4.78, 5) is 20.1. The van der Waals surface area contributed by atoms with E-state index in [4.69, 9.17) is 10.2 Å². The van der Waals surface area contributed by atoms with Gasteiger partial charge in [0.15, 0.2) is 0 Å². The Hall–Kier alpha value is -0.261. The van der Waals surface area contributed by atoms with Gasteiger partial charge in [0, 0.05) is 12.8 Å². The van der Waals surface area contributed by atoms with Crippen LogP contribution in [0.3, 0.4) is 0 Å². The van der Waals surface area contributed by atoms with Crippen LogP contribution >= 0.6 is 0 Å². The van der Waals surface area contributed by atoms with Gasteiger partial charge in [-0.05, 0) is 12.8 Å². The summed E-state index contributed by atoms with van der Waals surface area (Å²) in [5.74, 6) is -1.34. The van der Waals surface area contributed by atoms with Gasteiger partial charge >= 0.3 is 178 Å². The van der Waals surface area contributed by atoms with Crippen LogP contribution in [0.25, 0.3) is 0 Å². The number of hydrogen-bond acceptors (Lipinski definition) is 2. The van der Waals surface area contributed by atoms with Crippen molar-refractivity contribution in [3.05, 3.63) is 0 Å². The van der Waals surface area contributed by atoms with Crippen molar-refractivity contribution in [3.63, 3.8) is 0 Å². The molecule has 2 N–H and O–H groups in total. The van der Waals surface area contributed by atoms with E-state index < -0.39 is 30.3 Å². The molecule has 0 aromatic heterocycles. The molecule has 0 fully saturated rings. The molecule has 0 amide bonds. The van der Waals surface area contributed by atoms with Crippen LogP contribution in [0.1, 0.15) is 221 Å². The maximum atomic E-state index is 10.0. The predicted molar refractivity (Wildman–Crippen MR) is 204 cm³/mol. The first-order valence-corrected chi connectivity index (χ1v) is 28.3. The van der Waals surface area contributed by atoms with E-state index in [-0.39, 0.29) is 0 Å². The van der Waals surface area contributed by atoms with Crippen LogP contribution in [0, 0.1) is 0 Å². The van der Waals surface area contributed by atoms with Crippen LogP contribution in [0.5, 0.6) is 0 Å². The number of carboxylic acid groups (broad SMARTS) is 2. The number of carbonyl (C=O) groups is 2. The number of rotatable bonds is 32. The molecule has 0 saturated heterocycles. The molecule has 0 unspecified atom stereocenters. The third-order valence-electron chi connectivity index (χ3n) is 9.23. The van der Waals surface area contributed by atoms with Crippen LogP contribution in [0.4, 0.5) is 0 Å². The van der Waals surface area contributed by atoms with Crippen LogP contribution in [0.15, 0.2) is 0 Å². The maximum absolute atomic E-state index is 10.0. The zero-order chi connectivity index (χ0) is 34.3. The molecule has 0 rings (SSSR count). The third-order valence-corrected chi connectivity index (χ3v) is 25.4. The first-order valence-electron chi connectivity index (χ1n) is 20.2. The molecule has 0 radical (unpaired) electrons. The molecule has 0 spiro atoms. The quantitative estimate of drug-likeness (QED) is 0.0531. The minimum absolute atomic E-state index is 0.337. The van der Waals surface area contributed by atoms with Gasteiger partial charge in [-0.3, -0.25) is 9.59 Å². The van der Waals surface area contributed by atoms with Crippen LogP contribution < -0.4 is 0 Å². The monoisotopic (exact) mass is 749 g/mol. The molecule has 0 bridgehead atoms. The Morgan fingerprint density at radius 2 is 0.556 bits per heavy atom. The van der Waals surface area contributed by atoms with Crippen molar-refractivity contribution in [2.24, 2.45) is 0 Å². The predicted octanol–water partition coefficient (Wildman–Crippen LogP) is 14.6. The molecular formula is C40H84O4Sn. The summed E-state index contributed by atoms with van der Waals surface area (Å²) >= 11 is -1.83. The molecule has 272 valence electrons. The molecule has 0 saturated carbocycles. The molecular weight excluding hydrogens is 663 g/mol. The Balaban J connectivity index is -0.000000720.